The van der Waals surface area contributed by atoms with E-state index in [9.17, 15) is 18.3 Å². The van der Waals surface area contributed by atoms with Crippen molar-refractivity contribution in [2.24, 2.45) is 5.92 Å². The van der Waals surface area contributed by atoms with Gasteiger partial charge in [0.15, 0.2) is 0 Å². The lowest BCUT2D eigenvalue weighted by atomic mass is 9.93. The van der Waals surface area contributed by atoms with E-state index in [0.717, 1.165) is 47.9 Å². The summed E-state index contributed by atoms with van der Waals surface area (Å²) < 4.78 is 25.1. The summed E-state index contributed by atoms with van der Waals surface area (Å²) in [6.07, 6.45) is 2.93. The number of amides is 1. The molecule has 0 aliphatic carbocycles. The van der Waals surface area contributed by atoms with Crippen molar-refractivity contribution in [3.8, 4) is 11.1 Å². The summed E-state index contributed by atoms with van der Waals surface area (Å²) in [5, 5.41) is 13.6. The first-order valence-electron chi connectivity index (χ1n) is 12.5. The molecule has 5 N–H and O–H groups in total. The molecule has 0 aliphatic rings. The Bertz CT molecular complexity index is 1290. The normalized spacial score (nSPS) is 12.5. The fourth-order valence-corrected chi connectivity index (χ4v) is 4.63. The van der Waals surface area contributed by atoms with Crippen LogP contribution in [0.4, 0.5) is 5.69 Å². The minimum atomic E-state index is -3.63. The molecule has 1 amide bonds. The number of nitrogen functional groups attached to an aromatic ring is 1. The third-order valence-corrected chi connectivity index (χ3v) is 6.58. The highest BCUT2D eigenvalue weighted by Gasteiger charge is 2.17. The van der Waals surface area contributed by atoms with E-state index in [1.807, 2.05) is 24.3 Å². The van der Waals surface area contributed by atoms with Crippen LogP contribution in [0.15, 0.2) is 66.7 Å². The lowest BCUT2D eigenvalue weighted by Crippen LogP contribution is -2.30. The van der Waals surface area contributed by atoms with Crippen molar-refractivity contribution in [3.63, 3.8) is 0 Å². The van der Waals surface area contributed by atoms with Crippen LogP contribution in [-0.4, -0.2) is 38.8 Å². The molecule has 0 aliphatic heterocycles. The van der Waals surface area contributed by atoms with Gasteiger partial charge in [0.05, 0.1) is 12.4 Å². The van der Waals surface area contributed by atoms with E-state index in [1.54, 1.807) is 18.2 Å². The Morgan fingerprint density at radius 3 is 2.24 bits per heavy atom. The predicted molar refractivity (Wildman–Crippen MR) is 150 cm³/mol. The molecule has 0 fully saturated rings. The number of carbonyl (C=O) groups is 1. The van der Waals surface area contributed by atoms with E-state index in [-0.39, 0.29) is 0 Å². The van der Waals surface area contributed by atoms with Gasteiger partial charge in [0.2, 0.25) is 10.0 Å². The van der Waals surface area contributed by atoms with Crippen LogP contribution in [0.5, 0.6) is 0 Å². The molecule has 1 atom stereocenters. The van der Waals surface area contributed by atoms with Crippen LogP contribution in [0.3, 0.4) is 0 Å². The summed E-state index contributed by atoms with van der Waals surface area (Å²) >= 11 is 0. The lowest BCUT2D eigenvalue weighted by molar-refractivity contribution is 0.0980. The molecule has 198 valence electrons. The number of rotatable bonds is 12. The van der Waals surface area contributed by atoms with E-state index in [1.165, 1.54) is 5.56 Å². The Morgan fingerprint density at radius 2 is 1.62 bits per heavy atom. The van der Waals surface area contributed by atoms with Gasteiger partial charge in [0, 0.05) is 17.8 Å². The highest BCUT2D eigenvalue weighted by molar-refractivity contribution is 7.89. The molecule has 7 nitrogen and oxygen atoms in total. The van der Waals surface area contributed by atoms with Crippen LogP contribution in [0.2, 0.25) is 0 Å². The van der Waals surface area contributed by atoms with Gasteiger partial charge in [-0.2, -0.15) is 0 Å². The number of hydrogen-bond donors (Lipinski definition) is 4. The van der Waals surface area contributed by atoms with E-state index in [4.69, 9.17) is 5.73 Å². The molecule has 0 saturated carbocycles. The molecular formula is C29H37N3O4S. The second-order valence-electron chi connectivity index (χ2n) is 9.86. The Labute approximate surface area is 220 Å². The van der Waals surface area contributed by atoms with Gasteiger partial charge in [-0.1, -0.05) is 62.4 Å². The van der Waals surface area contributed by atoms with Gasteiger partial charge >= 0.3 is 0 Å². The fourth-order valence-electron chi connectivity index (χ4n) is 4.18. The predicted octanol–water partition coefficient (Wildman–Crippen LogP) is 4.08. The zero-order valence-corrected chi connectivity index (χ0v) is 22.5. The summed E-state index contributed by atoms with van der Waals surface area (Å²) in [4.78, 5) is 12.5. The van der Waals surface area contributed by atoms with Crippen LogP contribution in [0, 0.1) is 5.92 Å². The zero-order valence-electron chi connectivity index (χ0n) is 21.7. The summed E-state index contributed by atoms with van der Waals surface area (Å²) in [7, 11) is -3.63. The molecule has 8 heteroatoms. The van der Waals surface area contributed by atoms with E-state index >= 15 is 0 Å². The number of aliphatic hydroxyl groups excluding tert-OH is 1. The van der Waals surface area contributed by atoms with Crippen molar-refractivity contribution in [1.29, 1.82) is 0 Å². The number of aliphatic hydroxyl groups is 1. The first kappa shape index (κ1) is 28.4. The summed E-state index contributed by atoms with van der Waals surface area (Å²) in [6.45, 7) is 5.41. The topological polar surface area (TPSA) is 122 Å². The average molecular weight is 524 g/mol. The number of anilines is 1. The summed E-state index contributed by atoms with van der Waals surface area (Å²) in [5.41, 5.74) is 11.7. The SMILES string of the molecule is CC(C)Cc1cc(-c2ccc(CCCNC[C@@H](O)c3ccc(N)cc3)cc2)ccc1C(=O)NS(C)(=O)=O. The van der Waals surface area contributed by atoms with E-state index in [2.05, 4.69) is 48.2 Å². The number of aryl methyl sites for hydroxylation is 1. The van der Waals surface area contributed by atoms with Crippen LogP contribution in [0.1, 0.15) is 53.4 Å². The molecule has 0 heterocycles. The minimum absolute atomic E-state index is 0.309. The van der Waals surface area contributed by atoms with Gasteiger partial charge in [-0.3, -0.25) is 4.79 Å². The molecular weight excluding hydrogens is 486 g/mol. The fraction of sp³-hybridized carbons (Fsp3) is 0.345. The monoisotopic (exact) mass is 523 g/mol. The molecule has 0 saturated heterocycles. The molecule has 0 spiro atoms. The maximum atomic E-state index is 12.5. The molecule has 3 aromatic carbocycles. The minimum Gasteiger partial charge on any atom is -0.399 e. The van der Waals surface area contributed by atoms with E-state index in [0.29, 0.717) is 30.1 Å². The van der Waals surface area contributed by atoms with Gasteiger partial charge < -0.3 is 16.2 Å². The van der Waals surface area contributed by atoms with Crippen LogP contribution < -0.4 is 15.8 Å². The molecule has 0 bridgehead atoms. The third-order valence-electron chi connectivity index (χ3n) is 6.02. The van der Waals surface area contributed by atoms with Crippen molar-refractivity contribution < 1.29 is 18.3 Å². The first-order valence-corrected chi connectivity index (χ1v) is 14.4. The molecule has 0 unspecified atom stereocenters. The molecule has 37 heavy (non-hydrogen) atoms. The second-order valence-corrected chi connectivity index (χ2v) is 11.6. The first-order chi connectivity index (χ1) is 17.5. The van der Waals surface area contributed by atoms with Crippen molar-refractivity contribution in [2.75, 3.05) is 25.1 Å². The maximum absolute atomic E-state index is 12.5. The van der Waals surface area contributed by atoms with Gasteiger partial charge in [0.1, 0.15) is 0 Å². The van der Waals surface area contributed by atoms with Crippen LogP contribution >= 0.6 is 0 Å². The Morgan fingerprint density at radius 1 is 0.973 bits per heavy atom. The van der Waals surface area contributed by atoms with Gasteiger partial charge in [-0.05, 0) is 77.7 Å². The van der Waals surface area contributed by atoms with Gasteiger partial charge in [-0.25, -0.2) is 13.1 Å². The van der Waals surface area contributed by atoms with Crippen molar-refractivity contribution >= 4 is 21.6 Å². The highest BCUT2D eigenvalue weighted by Crippen LogP contribution is 2.25. The number of hydrogen-bond acceptors (Lipinski definition) is 6. The average Bonchev–Trinajstić information content (AvgIpc) is 2.83. The highest BCUT2D eigenvalue weighted by atomic mass is 32.2. The lowest BCUT2D eigenvalue weighted by Gasteiger charge is -2.14. The van der Waals surface area contributed by atoms with Crippen molar-refractivity contribution in [3.05, 3.63) is 89.0 Å². The smallest absolute Gasteiger partial charge is 0.264 e. The zero-order chi connectivity index (χ0) is 27.0. The Hall–Kier alpha value is -3.20. The number of sulfonamides is 1. The summed E-state index contributed by atoms with van der Waals surface area (Å²) in [6, 6.07) is 21.1. The van der Waals surface area contributed by atoms with Crippen molar-refractivity contribution in [2.45, 2.75) is 39.2 Å². The van der Waals surface area contributed by atoms with Gasteiger partial charge in [0.25, 0.3) is 5.91 Å². The van der Waals surface area contributed by atoms with Crippen molar-refractivity contribution in [1.82, 2.24) is 10.0 Å². The number of nitrogens with one attached hydrogen (secondary N) is 2. The maximum Gasteiger partial charge on any atom is 0.264 e. The van der Waals surface area contributed by atoms with E-state index < -0.39 is 22.0 Å². The molecule has 3 rings (SSSR count). The summed E-state index contributed by atoms with van der Waals surface area (Å²) in [5.74, 6) is -0.293. The third kappa shape index (κ3) is 9.00. The Balaban J connectivity index is 1.57. The second kappa shape index (κ2) is 12.9. The molecule has 0 aromatic heterocycles. The number of nitrogens with two attached hydrogens (primary N) is 1. The molecule has 3 aromatic rings. The van der Waals surface area contributed by atoms with Crippen LogP contribution in [-0.2, 0) is 22.9 Å². The molecule has 0 radical (unpaired) electrons. The van der Waals surface area contributed by atoms with Gasteiger partial charge in [-0.15, -0.1) is 0 Å². The largest absolute Gasteiger partial charge is 0.399 e. The quantitative estimate of drug-likeness (QED) is 0.210. The standard InChI is InChI=1S/C29H37N3O4S/c1-20(2)17-25-18-24(12-15-27(25)29(34)32-37(3,35)36)22-8-6-21(7-9-22)5-4-16-31-19-28(33)23-10-13-26(30)14-11-23/h6-15,18,20,28,31,33H,4-5,16-17,19,30H2,1-3H3,(H,32,34)/t28-/m1/s1. The van der Waals surface area contributed by atoms with Crippen LogP contribution in [0.25, 0.3) is 11.1 Å². The number of benzene rings is 3. The Kier molecular flexibility index (Phi) is 9.86. The number of carbonyl (C=O) groups excluding carboxylic acids is 1.